The third kappa shape index (κ3) is 5.58. The number of hydrogen-bond donors (Lipinski definition) is 2. The van der Waals surface area contributed by atoms with E-state index in [0.717, 1.165) is 6.07 Å². The summed E-state index contributed by atoms with van der Waals surface area (Å²) >= 11 is 1.26. The topological polar surface area (TPSA) is 67.4 Å². The van der Waals surface area contributed by atoms with Gasteiger partial charge in [-0.2, -0.15) is 0 Å². The van der Waals surface area contributed by atoms with Gasteiger partial charge in [0, 0.05) is 13.0 Å². The van der Waals surface area contributed by atoms with Gasteiger partial charge in [0.2, 0.25) is 5.91 Å². The highest BCUT2D eigenvalue weighted by Gasteiger charge is 2.32. The summed E-state index contributed by atoms with van der Waals surface area (Å²) in [5.41, 5.74) is -0.0931. The SMILES string of the molecule is O=C(CCNC(=O)c1cccs1)Nc1ccccc1OC(F)(F)F. The molecule has 0 saturated carbocycles. The van der Waals surface area contributed by atoms with Crippen molar-refractivity contribution in [1.29, 1.82) is 0 Å². The van der Waals surface area contributed by atoms with Gasteiger partial charge in [-0.3, -0.25) is 9.59 Å². The predicted octanol–water partition coefficient (Wildman–Crippen LogP) is 3.41. The molecule has 2 N–H and O–H groups in total. The first kappa shape index (κ1) is 17.8. The minimum atomic E-state index is -4.85. The van der Waals surface area contributed by atoms with Crippen molar-refractivity contribution in [3.05, 3.63) is 46.7 Å². The lowest BCUT2D eigenvalue weighted by Gasteiger charge is -2.13. The smallest absolute Gasteiger partial charge is 0.404 e. The number of nitrogens with one attached hydrogen (secondary N) is 2. The molecule has 0 aliphatic rings. The molecule has 0 radical (unpaired) electrons. The fourth-order valence-corrected chi connectivity index (χ4v) is 2.42. The van der Waals surface area contributed by atoms with Gasteiger partial charge in [-0.05, 0) is 23.6 Å². The maximum Gasteiger partial charge on any atom is 0.573 e. The van der Waals surface area contributed by atoms with Gasteiger partial charge in [0.15, 0.2) is 5.75 Å². The van der Waals surface area contributed by atoms with E-state index in [9.17, 15) is 22.8 Å². The van der Waals surface area contributed by atoms with Crippen molar-refractivity contribution < 1.29 is 27.5 Å². The van der Waals surface area contributed by atoms with Crippen LogP contribution < -0.4 is 15.4 Å². The minimum Gasteiger partial charge on any atom is -0.404 e. The second-order valence-electron chi connectivity index (χ2n) is 4.58. The molecule has 0 unspecified atom stereocenters. The highest BCUT2D eigenvalue weighted by Crippen LogP contribution is 2.29. The van der Waals surface area contributed by atoms with Crippen LogP contribution in [0.4, 0.5) is 18.9 Å². The first-order valence-corrected chi connectivity index (χ1v) is 7.69. The summed E-state index contributed by atoms with van der Waals surface area (Å²) in [6.45, 7) is 0.0604. The molecule has 0 spiro atoms. The summed E-state index contributed by atoms with van der Waals surface area (Å²) in [4.78, 5) is 24.0. The Morgan fingerprint density at radius 3 is 2.54 bits per heavy atom. The number of para-hydroxylation sites is 2. The van der Waals surface area contributed by atoms with Gasteiger partial charge in [-0.1, -0.05) is 18.2 Å². The normalized spacial score (nSPS) is 11.0. The Kier molecular flexibility index (Phi) is 5.80. The summed E-state index contributed by atoms with van der Waals surface area (Å²) in [5, 5.41) is 6.63. The van der Waals surface area contributed by atoms with Gasteiger partial charge < -0.3 is 15.4 Å². The highest BCUT2D eigenvalue weighted by atomic mass is 32.1. The quantitative estimate of drug-likeness (QED) is 0.832. The molecule has 0 aliphatic carbocycles. The van der Waals surface area contributed by atoms with Crippen LogP contribution in [0.15, 0.2) is 41.8 Å². The minimum absolute atomic E-state index is 0.0604. The number of thiophene rings is 1. The molecule has 2 rings (SSSR count). The van der Waals surface area contributed by atoms with Crippen LogP contribution in [0.5, 0.6) is 5.75 Å². The Morgan fingerprint density at radius 1 is 1.12 bits per heavy atom. The molecule has 24 heavy (non-hydrogen) atoms. The van der Waals surface area contributed by atoms with E-state index in [1.165, 1.54) is 29.5 Å². The predicted molar refractivity (Wildman–Crippen MR) is 83.0 cm³/mol. The van der Waals surface area contributed by atoms with Crippen LogP contribution in [0, 0.1) is 0 Å². The molecule has 0 bridgehead atoms. The van der Waals surface area contributed by atoms with Crippen molar-refractivity contribution in [2.24, 2.45) is 0 Å². The van der Waals surface area contributed by atoms with Crippen molar-refractivity contribution in [2.75, 3.05) is 11.9 Å². The largest absolute Gasteiger partial charge is 0.573 e. The van der Waals surface area contributed by atoms with Crippen LogP contribution in [0.25, 0.3) is 0 Å². The molecule has 9 heteroatoms. The van der Waals surface area contributed by atoms with Crippen LogP contribution in [-0.4, -0.2) is 24.7 Å². The number of halogens is 3. The summed E-state index contributed by atoms with van der Waals surface area (Å²) in [5.74, 6) is -1.35. The van der Waals surface area contributed by atoms with Gasteiger partial charge in [0.25, 0.3) is 5.91 Å². The van der Waals surface area contributed by atoms with E-state index in [1.807, 2.05) is 0 Å². The number of amides is 2. The Balaban J connectivity index is 1.85. The lowest BCUT2D eigenvalue weighted by molar-refractivity contribution is -0.274. The molecule has 1 aromatic carbocycles. The van der Waals surface area contributed by atoms with Crippen molar-refractivity contribution in [3.8, 4) is 5.75 Å². The van der Waals surface area contributed by atoms with Gasteiger partial charge in [0.1, 0.15) is 0 Å². The average Bonchev–Trinajstić information content (AvgIpc) is 3.02. The van der Waals surface area contributed by atoms with Crippen LogP contribution in [0.3, 0.4) is 0 Å². The van der Waals surface area contributed by atoms with Gasteiger partial charge in [-0.15, -0.1) is 24.5 Å². The Morgan fingerprint density at radius 2 is 1.88 bits per heavy atom. The van der Waals surface area contributed by atoms with E-state index in [-0.39, 0.29) is 24.6 Å². The summed E-state index contributed by atoms with van der Waals surface area (Å²) < 4.78 is 40.8. The number of benzene rings is 1. The van der Waals surface area contributed by atoms with E-state index < -0.39 is 18.0 Å². The fraction of sp³-hybridized carbons (Fsp3) is 0.200. The first-order chi connectivity index (χ1) is 11.3. The number of ether oxygens (including phenoxy) is 1. The number of carbonyl (C=O) groups excluding carboxylic acids is 2. The third-order valence-electron chi connectivity index (χ3n) is 2.77. The molecule has 5 nitrogen and oxygen atoms in total. The Hall–Kier alpha value is -2.55. The van der Waals surface area contributed by atoms with Crippen LogP contribution in [-0.2, 0) is 4.79 Å². The zero-order chi connectivity index (χ0) is 17.6. The van der Waals surface area contributed by atoms with E-state index in [2.05, 4.69) is 15.4 Å². The zero-order valence-electron chi connectivity index (χ0n) is 12.2. The fourth-order valence-electron chi connectivity index (χ4n) is 1.78. The number of carbonyl (C=O) groups is 2. The number of hydrogen-bond acceptors (Lipinski definition) is 4. The number of alkyl halides is 3. The van der Waals surface area contributed by atoms with Crippen molar-refractivity contribution in [1.82, 2.24) is 5.32 Å². The second kappa shape index (κ2) is 7.82. The van der Waals surface area contributed by atoms with Crippen molar-refractivity contribution in [3.63, 3.8) is 0 Å². The molecule has 0 fully saturated rings. The summed E-state index contributed by atoms with van der Waals surface area (Å²) in [6, 6.07) is 8.59. The van der Waals surface area contributed by atoms with Gasteiger partial charge >= 0.3 is 6.36 Å². The molecular weight excluding hydrogens is 345 g/mol. The maximum absolute atomic E-state index is 12.3. The average molecular weight is 358 g/mol. The van der Waals surface area contributed by atoms with Crippen LogP contribution >= 0.6 is 11.3 Å². The summed E-state index contributed by atoms with van der Waals surface area (Å²) in [7, 11) is 0. The van der Waals surface area contributed by atoms with Crippen molar-refractivity contribution >= 4 is 28.8 Å². The molecule has 0 aliphatic heterocycles. The Labute approximate surface area is 139 Å². The molecule has 1 aromatic heterocycles. The third-order valence-corrected chi connectivity index (χ3v) is 3.64. The van der Waals surface area contributed by atoms with Crippen LogP contribution in [0.1, 0.15) is 16.1 Å². The maximum atomic E-state index is 12.3. The Bertz CT molecular complexity index is 702. The summed E-state index contributed by atoms with van der Waals surface area (Å²) in [6.07, 6.45) is -4.94. The first-order valence-electron chi connectivity index (χ1n) is 6.81. The van der Waals surface area contributed by atoms with Gasteiger partial charge in [0.05, 0.1) is 10.6 Å². The lowest BCUT2D eigenvalue weighted by Crippen LogP contribution is -2.27. The molecular formula is C15H13F3N2O3S. The lowest BCUT2D eigenvalue weighted by atomic mass is 10.2. The van der Waals surface area contributed by atoms with E-state index in [0.29, 0.717) is 4.88 Å². The molecule has 0 atom stereocenters. The van der Waals surface area contributed by atoms with Crippen LogP contribution in [0.2, 0.25) is 0 Å². The number of rotatable bonds is 6. The van der Waals surface area contributed by atoms with Crippen molar-refractivity contribution in [2.45, 2.75) is 12.8 Å². The molecule has 128 valence electrons. The molecule has 1 heterocycles. The molecule has 2 aromatic rings. The van der Waals surface area contributed by atoms with Gasteiger partial charge in [-0.25, -0.2) is 0 Å². The van der Waals surface area contributed by atoms with E-state index in [4.69, 9.17) is 0 Å². The zero-order valence-corrected chi connectivity index (χ0v) is 13.0. The van der Waals surface area contributed by atoms with E-state index in [1.54, 1.807) is 17.5 Å². The molecule has 2 amide bonds. The second-order valence-corrected chi connectivity index (χ2v) is 5.52. The standard InChI is InChI=1S/C15H13F3N2O3S/c16-15(17,18)23-11-5-2-1-4-10(11)20-13(21)7-8-19-14(22)12-6-3-9-24-12/h1-6,9H,7-8H2,(H,19,22)(H,20,21). The highest BCUT2D eigenvalue weighted by molar-refractivity contribution is 7.12. The molecule has 0 saturated heterocycles. The van der Waals surface area contributed by atoms with E-state index >= 15 is 0 Å². The number of anilines is 1. The monoisotopic (exact) mass is 358 g/mol.